The normalized spacial score (nSPS) is 11.7. The SMILES string of the molecule is CCCCCCCCCCCCCC=CC=CNC. The van der Waals surface area contributed by atoms with Gasteiger partial charge in [-0.25, -0.2) is 0 Å². The highest BCUT2D eigenvalue weighted by Gasteiger charge is 1.92. The van der Waals surface area contributed by atoms with Crippen LogP contribution >= 0.6 is 0 Å². The van der Waals surface area contributed by atoms with Crippen LogP contribution in [0.1, 0.15) is 84.0 Å². The first-order chi connectivity index (χ1) is 9.41. The number of unbranched alkanes of at least 4 members (excludes halogenated alkanes) is 11. The number of hydrogen-bond donors (Lipinski definition) is 1. The van der Waals surface area contributed by atoms with Crippen molar-refractivity contribution in [3.8, 4) is 0 Å². The number of hydrogen-bond acceptors (Lipinski definition) is 1. The van der Waals surface area contributed by atoms with Gasteiger partial charge in [-0.05, 0) is 25.1 Å². The smallest absolute Gasteiger partial charge is 0.00277 e. The Labute approximate surface area is 121 Å². The van der Waals surface area contributed by atoms with E-state index in [4.69, 9.17) is 0 Å². The zero-order chi connectivity index (χ0) is 14.0. The Balaban J connectivity index is 3.02. The van der Waals surface area contributed by atoms with Crippen molar-refractivity contribution in [1.82, 2.24) is 5.32 Å². The molecule has 0 radical (unpaired) electrons. The lowest BCUT2D eigenvalue weighted by atomic mass is 10.1. The summed E-state index contributed by atoms with van der Waals surface area (Å²) in [4.78, 5) is 0. The summed E-state index contributed by atoms with van der Waals surface area (Å²) in [5.74, 6) is 0. The van der Waals surface area contributed by atoms with Crippen LogP contribution < -0.4 is 5.32 Å². The van der Waals surface area contributed by atoms with Crippen LogP contribution in [0.5, 0.6) is 0 Å². The summed E-state index contributed by atoms with van der Waals surface area (Å²) in [6, 6.07) is 0. The molecule has 0 heterocycles. The molecule has 0 aliphatic carbocycles. The van der Waals surface area contributed by atoms with Gasteiger partial charge in [0.2, 0.25) is 0 Å². The van der Waals surface area contributed by atoms with Gasteiger partial charge in [0.1, 0.15) is 0 Å². The highest BCUT2D eigenvalue weighted by molar-refractivity contribution is 5.00. The molecule has 1 N–H and O–H groups in total. The maximum absolute atomic E-state index is 2.98. The molecule has 0 fully saturated rings. The summed E-state index contributed by atoms with van der Waals surface area (Å²) in [7, 11) is 1.92. The van der Waals surface area contributed by atoms with Gasteiger partial charge >= 0.3 is 0 Å². The predicted octanol–water partition coefficient (Wildman–Crippen LogP) is 5.98. The minimum atomic E-state index is 1.23. The van der Waals surface area contributed by atoms with Gasteiger partial charge in [0.15, 0.2) is 0 Å². The molecule has 0 saturated carbocycles. The monoisotopic (exact) mass is 265 g/mol. The molecule has 112 valence electrons. The molecule has 19 heavy (non-hydrogen) atoms. The Morgan fingerprint density at radius 2 is 1.21 bits per heavy atom. The van der Waals surface area contributed by atoms with Crippen molar-refractivity contribution in [3.05, 3.63) is 24.4 Å². The van der Waals surface area contributed by atoms with Crippen LogP contribution in [0.3, 0.4) is 0 Å². The van der Waals surface area contributed by atoms with E-state index in [-0.39, 0.29) is 0 Å². The zero-order valence-electron chi connectivity index (χ0n) is 13.3. The van der Waals surface area contributed by atoms with Crippen molar-refractivity contribution in [2.75, 3.05) is 7.05 Å². The van der Waals surface area contributed by atoms with Gasteiger partial charge < -0.3 is 5.32 Å². The molecule has 0 aromatic rings. The first kappa shape index (κ1) is 18.3. The summed E-state index contributed by atoms with van der Waals surface area (Å²) < 4.78 is 0. The molecule has 1 heteroatoms. The minimum Gasteiger partial charge on any atom is -0.394 e. The first-order valence-corrected chi connectivity index (χ1v) is 8.40. The van der Waals surface area contributed by atoms with Crippen molar-refractivity contribution in [3.63, 3.8) is 0 Å². The Bertz CT molecular complexity index is 206. The Morgan fingerprint density at radius 1 is 0.684 bits per heavy atom. The largest absolute Gasteiger partial charge is 0.394 e. The van der Waals surface area contributed by atoms with E-state index in [1.807, 2.05) is 13.2 Å². The number of nitrogens with one attached hydrogen (secondary N) is 1. The van der Waals surface area contributed by atoms with Crippen molar-refractivity contribution >= 4 is 0 Å². The molecule has 0 aliphatic heterocycles. The van der Waals surface area contributed by atoms with E-state index >= 15 is 0 Å². The van der Waals surface area contributed by atoms with Crippen LogP contribution in [0.2, 0.25) is 0 Å². The first-order valence-electron chi connectivity index (χ1n) is 8.40. The molecule has 0 bridgehead atoms. The molecule has 0 atom stereocenters. The molecular weight excluding hydrogens is 230 g/mol. The fraction of sp³-hybridized carbons (Fsp3) is 0.778. The minimum absolute atomic E-state index is 1.23. The maximum atomic E-state index is 2.98. The van der Waals surface area contributed by atoms with E-state index in [9.17, 15) is 0 Å². The second-order valence-electron chi connectivity index (χ2n) is 5.40. The molecule has 1 nitrogen and oxygen atoms in total. The molecule has 0 aromatic carbocycles. The molecule has 0 unspecified atom stereocenters. The standard InChI is InChI=1S/C18H35N/c1-3-4-5-6-7-8-9-10-11-12-13-14-15-16-17-18-19-2/h15-19H,3-14H2,1-2H3. The maximum Gasteiger partial charge on any atom is 0.00277 e. The van der Waals surface area contributed by atoms with Crippen LogP contribution in [0.15, 0.2) is 24.4 Å². The van der Waals surface area contributed by atoms with Crippen molar-refractivity contribution < 1.29 is 0 Å². The van der Waals surface area contributed by atoms with E-state index < -0.39 is 0 Å². The third-order valence-electron chi connectivity index (χ3n) is 3.48. The molecule has 0 aliphatic rings. The number of rotatable bonds is 14. The van der Waals surface area contributed by atoms with Gasteiger partial charge in [-0.1, -0.05) is 83.3 Å². The predicted molar refractivity (Wildman–Crippen MR) is 88.4 cm³/mol. The average molecular weight is 265 g/mol. The summed E-state index contributed by atoms with van der Waals surface area (Å²) in [5, 5.41) is 2.98. The fourth-order valence-electron chi connectivity index (χ4n) is 2.25. The van der Waals surface area contributed by atoms with Crippen LogP contribution in [0, 0.1) is 0 Å². The van der Waals surface area contributed by atoms with E-state index in [1.165, 1.54) is 77.0 Å². The van der Waals surface area contributed by atoms with E-state index in [1.54, 1.807) is 0 Å². The van der Waals surface area contributed by atoms with Crippen LogP contribution in [0.4, 0.5) is 0 Å². The number of allylic oxidation sites excluding steroid dienone is 3. The summed E-state index contributed by atoms with van der Waals surface area (Å²) in [6.45, 7) is 2.28. The second-order valence-corrected chi connectivity index (χ2v) is 5.40. The van der Waals surface area contributed by atoms with Gasteiger partial charge in [-0.15, -0.1) is 0 Å². The van der Waals surface area contributed by atoms with Crippen LogP contribution in [0.25, 0.3) is 0 Å². The summed E-state index contributed by atoms with van der Waals surface area (Å²) in [5.41, 5.74) is 0. The zero-order valence-corrected chi connectivity index (χ0v) is 13.3. The van der Waals surface area contributed by atoms with Gasteiger partial charge in [0.25, 0.3) is 0 Å². The van der Waals surface area contributed by atoms with Crippen LogP contribution in [-0.4, -0.2) is 7.05 Å². The van der Waals surface area contributed by atoms with E-state index in [2.05, 4.69) is 30.5 Å². The Kier molecular flexibility index (Phi) is 16.6. The lowest BCUT2D eigenvalue weighted by Gasteiger charge is -2.01. The van der Waals surface area contributed by atoms with Gasteiger partial charge in [-0.3, -0.25) is 0 Å². The molecule has 0 rings (SSSR count). The van der Waals surface area contributed by atoms with Gasteiger partial charge in [0.05, 0.1) is 0 Å². The molecule has 0 spiro atoms. The molecule has 0 saturated heterocycles. The fourth-order valence-corrected chi connectivity index (χ4v) is 2.25. The van der Waals surface area contributed by atoms with Gasteiger partial charge in [0, 0.05) is 7.05 Å². The van der Waals surface area contributed by atoms with Crippen LogP contribution in [-0.2, 0) is 0 Å². The molecule has 0 amide bonds. The molecular formula is C18H35N. The van der Waals surface area contributed by atoms with Crippen molar-refractivity contribution in [1.29, 1.82) is 0 Å². The lowest BCUT2D eigenvalue weighted by Crippen LogP contribution is -1.89. The van der Waals surface area contributed by atoms with Crippen molar-refractivity contribution in [2.45, 2.75) is 84.0 Å². The third-order valence-corrected chi connectivity index (χ3v) is 3.48. The van der Waals surface area contributed by atoms with Crippen molar-refractivity contribution in [2.24, 2.45) is 0 Å². The quantitative estimate of drug-likeness (QED) is 0.301. The van der Waals surface area contributed by atoms with Gasteiger partial charge in [-0.2, -0.15) is 0 Å². The third kappa shape index (κ3) is 17.3. The Morgan fingerprint density at radius 3 is 1.74 bits per heavy atom. The highest BCUT2D eigenvalue weighted by Crippen LogP contribution is 2.11. The lowest BCUT2D eigenvalue weighted by molar-refractivity contribution is 0.550. The summed E-state index contributed by atoms with van der Waals surface area (Å²) >= 11 is 0. The average Bonchev–Trinajstić information content (AvgIpc) is 2.43. The second kappa shape index (κ2) is 17.3. The topological polar surface area (TPSA) is 12.0 Å². The van der Waals surface area contributed by atoms with E-state index in [0.29, 0.717) is 0 Å². The Hall–Kier alpha value is -0.720. The molecule has 0 aromatic heterocycles. The van der Waals surface area contributed by atoms with E-state index in [0.717, 1.165) is 0 Å². The highest BCUT2D eigenvalue weighted by atomic mass is 14.8. The summed E-state index contributed by atoms with van der Waals surface area (Å²) in [6.07, 6.45) is 25.3.